The van der Waals surface area contributed by atoms with Gasteiger partial charge in [-0.2, -0.15) is 0 Å². The number of rotatable bonds is 14. The smallest absolute Gasteiger partial charge is 0.259 e. The first-order valence-corrected chi connectivity index (χ1v) is 20.8. The maximum Gasteiger partial charge on any atom is 0.259 e. The van der Waals surface area contributed by atoms with Crippen LogP contribution in [0.5, 0.6) is 11.5 Å². The highest BCUT2D eigenvalue weighted by Gasteiger charge is 2.63. The molecule has 3 aliphatic carbocycles. The van der Waals surface area contributed by atoms with Crippen molar-refractivity contribution < 1.29 is 37.1 Å². The first-order chi connectivity index (χ1) is 26.5. The van der Waals surface area contributed by atoms with Gasteiger partial charge < -0.3 is 25.0 Å². The zero-order chi connectivity index (χ0) is 40.2. The molecule has 1 saturated heterocycles. The predicted octanol–water partition coefficient (Wildman–Crippen LogP) is 4.65. The fraction of sp³-hybridized carbons (Fsp3) is 0.500. The van der Waals surface area contributed by atoms with Crippen molar-refractivity contribution in [3.05, 3.63) is 67.3 Å². The highest BCUT2D eigenvalue weighted by Crippen LogP contribution is 2.47. The van der Waals surface area contributed by atoms with Gasteiger partial charge in [-0.05, 0) is 62.5 Å². The number of amides is 4. The molecular formula is C42H51N5O8S. The van der Waals surface area contributed by atoms with Crippen LogP contribution in [0.1, 0.15) is 72.6 Å². The first kappa shape index (κ1) is 39.3. The van der Waals surface area contributed by atoms with Crippen LogP contribution in [0.2, 0.25) is 0 Å². The minimum Gasteiger partial charge on any atom is -0.497 e. The Kier molecular flexibility index (Phi) is 10.2. The van der Waals surface area contributed by atoms with Gasteiger partial charge in [0.1, 0.15) is 35.2 Å². The highest BCUT2D eigenvalue weighted by molar-refractivity contribution is 7.91. The fourth-order valence-corrected chi connectivity index (χ4v) is 8.76. The molecule has 1 aromatic heterocycles. The molecule has 7 rings (SSSR count). The summed E-state index contributed by atoms with van der Waals surface area (Å²) < 4.78 is 39.5. The molecular weight excluding hydrogens is 735 g/mol. The monoisotopic (exact) mass is 785 g/mol. The van der Waals surface area contributed by atoms with Crippen molar-refractivity contribution >= 4 is 44.6 Å². The van der Waals surface area contributed by atoms with Crippen molar-refractivity contribution in [2.24, 2.45) is 17.3 Å². The second-order valence-corrected chi connectivity index (χ2v) is 19.3. The van der Waals surface area contributed by atoms with Crippen LogP contribution in [-0.4, -0.2) is 84.1 Å². The molecule has 2 heterocycles. The molecule has 0 bridgehead atoms. The summed E-state index contributed by atoms with van der Waals surface area (Å²) in [6, 6.07) is 14.8. The number of methoxy groups -OCH3 is 1. The lowest BCUT2D eigenvalue weighted by Gasteiger charge is -2.35. The third-order valence-corrected chi connectivity index (χ3v) is 13.8. The molecule has 2 aromatic carbocycles. The van der Waals surface area contributed by atoms with Crippen molar-refractivity contribution in [3.8, 4) is 22.8 Å². The Balaban J connectivity index is 1.21. The number of carbonyl (C=O) groups is 4. The molecule has 14 heteroatoms. The van der Waals surface area contributed by atoms with Crippen molar-refractivity contribution in [2.45, 2.75) is 101 Å². The third kappa shape index (κ3) is 7.85. The quantitative estimate of drug-likeness (QED) is 0.197. The summed E-state index contributed by atoms with van der Waals surface area (Å²) in [5, 5.41) is 6.51. The van der Waals surface area contributed by atoms with E-state index in [-0.39, 0.29) is 25.3 Å². The van der Waals surface area contributed by atoms with Gasteiger partial charge in [0.25, 0.3) is 5.91 Å². The molecule has 5 atom stereocenters. The number of sulfonamides is 1. The van der Waals surface area contributed by atoms with E-state index in [1.165, 1.54) is 11.0 Å². The first-order valence-electron chi connectivity index (χ1n) is 19.3. The van der Waals surface area contributed by atoms with Crippen LogP contribution in [-0.2, 0) is 29.2 Å². The second-order valence-electron chi connectivity index (χ2n) is 17.1. The number of pyridine rings is 1. The van der Waals surface area contributed by atoms with Crippen molar-refractivity contribution in [1.29, 1.82) is 0 Å². The minimum atomic E-state index is -4.00. The van der Waals surface area contributed by atoms with Crippen LogP contribution in [0.3, 0.4) is 0 Å². The molecule has 4 amide bonds. The van der Waals surface area contributed by atoms with Gasteiger partial charge >= 0.3 is 0 Å². The number of ether oxygens (including phenoxy) is 2. The third-order valence-electron chi connectivity index (χ3n) is 11.7. The van der Waals surface area contributed by atoms with E-state index in [1.807, 2.05) is 69.3 Å². The maximum absolute atomic E-state index is 14.7. The average Bonchev–Trinajstić information content (AvgIpc) is 4.11. The summed E-state index contributed by atoms with van der Waals surface area (Å²) in [6.07, 6.45) is 4.16. The summed E-state index contributed by atoms with van der Waals surface area (Å²) >= 11 is 0. The van der Waals surface area contributed by atoms with Gasteiger partial charge in [-0.25, -0.2) is 13.4 Å². The molecule has 298 valence electrons. The van der Waals surface area contributed by atoms with Crippen molar-refractivity contribution in [1.82, 2.24) is 25.2 Å². The Morgan fingerprint density at radius 1 is 1.07 bits per heavy atom. The average molecular weight is 786 g/mol. The second kappa shape index (κ2) is 14.5. The number of benzene rings is 2. The number of nitrogens with zero attached hydrogens (tertiary/aromatic N) is 2. The summed E-state index contributed by atoms with van der Waals surface area (Å²) in [5.41, 5.74) is -0.142. The van der Waals surface area contributed by atoms with Crippen LogP contribution in [0.4, 0.5) is 0 Å². The topological polar surface area (TPSA) is 173 Å². The summed E-state index contributed by atoms with van der Waals surface area (Å²) in [6.45, 7) is 11.0. The molecule has 0 radical (unpaired) electrons. The number of fused-ring (bicyclic) bond motifs is 1. The number of nitrogens with one attached hydrogen (secondary N) is 3. The number of carbonyl (C=O) groups excluding carboxylic acids is 4. The van der Waals surface area contributed by atoms with E-state index >= 15 is 0 Å². The molecule has 4 fully saturated rings. The normalized spacial score (nSPS) is 24.4. The van der Waals surface area contributed by atoms with Gasteiger partial charge in [-0.3, -0.25) is 23.9 Å². The lowest BCUT2D eigenvalue weighted by Crippen LogP contribution is -2.60. The van der Waals surface area contributed by atoms with Gasteiger partial charge in [0.05, 0.1) is 29.6 Å². The molecule has 4 aliphatic rings. The summed E-state index contributed by atoms with van der Waals surface area (Å²) in [5.74, 6) is -1.27. The maximum atomic E-state index is 14.7. The van der Waals surface area contributed by atoms with Gasteiger partial charge in [-0.1, -0.05) is 57.2 Å². The van der Waals surface area contributed by atoms with Crippen molar-refractivity contribution in [2.75, 3.05) is 13.7 Å². The SMILES string of the molecule is C=CC1C[C@]1(NC(=O)[C@@H]1C[C@@H](Oc2cc(-c3ccccc3)nc3cc(OC)ccc23)CN1C(=O)[C@@H](NC(=O)CC1CC1)C(C)(C)C)C(=O)NS(=O)(=O)C1(C)CC1. The molecule has 1 unspecified atom stereocenters. The lowest BCUT2D eigenvalue weighted by atomic mass is 9.85. The standard InChI is InChI=1S/C42H51N5O8S/c1-7-27-23-42(27,39(51)46-56(52,53)41(5)17-18-41)45-37(49)33-21-29(24-47(33)38(50)36(40(2,3)4)44-35(48)19-25-13-14-25)55-34-22-31(26-11-9-8-10-12-26)43-32-20-28(54-6)15-16-30(32)34/h7-12,15-16,20,22,25,27,29,33,36H,1,13-14,17-19,21,23-24H2,2-6H3,(H,44,48)(H,45,49)(H,46,51)/t27?,29-,33+,36-,42-/m1/s1. The van der Waals surface area contributed by atoms with E-state index in [0.717, 1.165) is 18.4 Å². The Hall–Kier alpha value is -4.98. The molecule has 3 saturated carbocycles. The molecule has 13 nitrogen and oxygen atoms in total. The van der Waals surface area contributed by atoms with Crippen LogP contribution in [0.15, 0.2) is 67.3 Å². The van der Waals surface area contributed by atoms with Gasteiger partial charge in [-0.15, -0.1) is 6.58 Å². The Bertz CT molecular complexity index is 2180. The van der Waals surface area contributed by atoms with Crippen LogP contribution in [0, 0.1) is 17.3 Å². The van der Waals surface area contributed by atoms with E-state index < -0.39 is 67.6 Å². The van der Waals surface area contributed by atoms with E-state index in [4.69, 9.17) is 14.5 Å². The van der Waals surface area contributed by atoms with E-state index in [1.54, 1.807) is 20.1 Å². The Morgan fingerprint density at radius 3 is 2.39 bits per heavy atom. The predicted molar refractivity (Wildman–Crippen MR) is 211 cm³/mol. The van der Waals surface area contributed by atoms with E-state index in [9.17, 15) is 27.6 Å². The molecule has 56 heavy (non-hydrogen) atoms. The highest BCUT2D eigenvalue weighted by atomic mass is 32.2. The van der Waals surface area contributed by atoms with Gasteiger partial charge in [0, 0.05) is 41.8 Å². The van der Waals surface area contributed by atoms with E-state index in [0.29, 0.717) is 53.3 Å². The molecule has 3 N–H and O–H groups in total. The zero-order valence-electron chi connectivity index (χ0n) is 32.6. The molecule has 0 spiro atoms. The molecule has 3 aromatic rings. The lowest BCUT2D eigenvalue weighted by molar-refractivity contribution is -0.144. The Labute approximate surface area is 328 Å². The van der Waals surface area contributed by atoms with Crippen molar-refractivity contribution in [3.63, 3.8) is 0 Å². The number of likely N-dealkylation sites (tertiary alicyclic amines) is 1. The minimum absolute atomic E-state index is 0.000542. The van der Waals surface area contributed by atoms with Crippen LogP contribution >= 0.6 is 0 Å². The van der Waals surface area contributed by atoms with Crippen LogP contribution in [0.25, 0.3) is 22.2 Å². The van der Waals surface area contributed by atoms with E-state index in [2.05, 4.69) is 21.9 Å². The van der Waals surface area contributed by atoms with Gasteiger partial charge in [0.2, 0.25) is 27.7 Å². The number of hydrogen-bond acceptors (Lipinski definition) is 9. The fourth-order valence-electron chi connectivity index (χ4n) is 7.45. The molecule has 1 aliphatic heterocycles. The number of hydrogen-bond donors (Lipinski definition) is 3. The van der Waals surface area contributed by atoms with Gasteiger partial charge in [0.15, 0.2) is 0 Å². The summed E-state index contributed by atoms with van der Waals surface area (Å²) in [7, 11) is -2.42. The summed E-state index contributed by atoms with van der Waals surface area (Å²) in [4.78, 5) is 62.3. The Morgan fingerprint density at radius 2 is 1.79 bits per heavy atom. The largest absolute Gasteiger partial charge is 0.497 e. The zero-order valence-corrected chi connectivity index (χ0v) is 33.4. The van der Waals surface area contributed by atoms with Crippen LogP contribution < -0.4 is 24.8 Å². The number of aromatic nitrogens is 1.